The van der Waals surface area contributed by atoms with E-state index in [1.807, 2.05) is 16.7 Å². The highest BCUT2D eigenvalue weighted by Gasteiger charge is 2.09. The Labute approximate surface area is 125 Å². The van der Waals surface area contributed by atoms with Gasteiger partial charge in [0.15, 0.2) is 0 Å². The Balaban J connectivity index is 1.85. The summed E-state index contributed by atoms with van der Waals surface area (Å²) in [7, 11) is 0. The minimum absolute atomic E-state index is 0.247. The zero-order valence-electron chi connectivity index (χ0n) is 10.2. The second-order valence-corrected chi connectivity index (χ2v) is 5.01. The van der Waals surface area contributed by atoms with E-state index < -0.39 is 0 Å². The fourth-order valence-corrected chi connectivity index (χ4v) is 2.13. The van der Waals surface area contributed by atoms with Gasteiger partial charge in [-0.15, -0.1) is 0 Å². The Morgan fingerprint density at radius 1 is 1.15 bits per heavy atom. The summed E-state index contributed by atoms with van der Waals surface area (Å²) < 4.78 is 1.82. The van der Waals surface area contributed by atoms with E-state index in [9.17, 15) is 4.79 Å². The molecule has 3 aromatic rings. The minimum atomic E-state index is -0.247. The maximum Gasteiger partial charge on any atom is 0.255 e. The van der Waals surface area contributed by atoms with Crippen molar-refractivity contribution in [3.8, 4) is 0 Å². The number of carbonyl (C=O) groups excluding carboxylic acids is 1. The molecule has 0 aliphatic heterocycles. The van der Waals surface area contributed by atoms with Crippen molar-refractivity contribution in [3.63, 3.8) is 0 Å². The SMILES string of the molecule is O=C(Nc1ccc2nccn2c1)c1ccc(Cl)c(Cl)c1. The molecule has 2 heterocycles. The quantitative estimate of drug-likeness (QED) is 0.780. The number of carbonyl (C=O) groups is 1. The topological polar surface area (TPSA) is 46.4 Å². The van der Waals surface area contributed by atoms with Crippen LogP contribution in [0, 0.1) is 0 Å². The molecule has 4 nitrogen and oxygen atoms in total. The number of pyridine rings is 1. The summed E-state index contributed by atoms with van der Waals surface area (Å²) in [5.74, 6) is -0.247. The van der Waals surface area contributed by atoms with E-state index in [-0.39, 0.29) is 5.91 Å². The van der Waals surface area contributed by atoms with Crippen LogP contribution in [0.25, 0.3) is 5.65 Å². The zero-order chi connectivity index (χ0) is 14.1. The number of nitrogens with one attached hydrogen (secondary N) is 1. The van der Waals surface area contributed by atoms with Crippen LogP contribution >= 0.6 is 23.2 Å². The third kappa shape index (κ3) is 2.48. The molecule has 0 saturated heterocycles. The van der Waals surface area contributed by atoms with Crippen LogP contribution in [0.4, 0.5) is 5.69 Å². The van der Waals surface area contributed by atoms with E-state index in [1.54, 1.807) is 30.6 Å². The predicted molar refractivity (Wildman–Crippen MR) is 79.6 cm³/mol. The van der Waals surface area contributed by atoms with Gasteiger partial charge in [0, 0.05) is 24.2 Å². The van der Waals surface area contributed by atoms with Crippen molar-refractivity contribution in [3.05, 3.63) is 64.5 Å². The van der Waals surface area contributed by atoms with Crippen LogP contribution in [0.2, 0.25) is 10.0 Å². The molecule has 0 spiro atoms. The first-order valence-electron chi connectivity index (χ1n) is 5.82. The molecule has 1 aromatic carbocycles. The van der Waals surface area contributed by atoms with Gasteiger partial charge in [0.05, 0.1) is 15.7 Å². The lowest BCUT2D eigenvalue weighted by atomic mass is 10.2. The van der Waals surface area contributed by atoms with Crippen LogP contribution in [0.1, 0.15) is 10.4 Å². The van der Waals surface area contributed by atoms with Crippen molar-refractivity contribution in [1.29, 1.82) is 0 Å². The van der Waals surface area contributed by atoms with Gasteiger partial charge in [0.1, 0.15) is 5.65 Å². The first-order valence-corrected chi connectivity index (χ1v) is 6.58. The van der Waals surface area contributed by atoms with Gasteiger partial charge >= 0.3 is 0 Å². The second-order valence-electron chi connectivity index (χ2n) is 4.19. The maximum atomic E-state index is 12.1. The monoisotopic (exact) mass is 305 g/mol. The number of rotatable bonds is 2. The molecular weight excluding hydrogens is 297 g/mol. The molecule has 0 radical (unpaired) electrons. The number of halogens is 2. The molecule has 100 valence electrons. The highest BCUT2D eigenvalue weighted by atomic mass is 35.5. The number of fused-ring (bicyclic) bond motifs is 1. The largest absolute Gasteiger partial charge is 0.321 e. The van der Waals surface area contributed by atoms with E-state index in [0.717, 1.165) is 5.65 Å². The fourth-order valence-electron chi connectivity index (χ4n) is 1.83. The summed E-state index contributed by atoms with van der Waals surface area (Å²) in [5, 5.41) is 3.57. The highest BCUT2D eigenvalue weighted by Crippen LogP contribution is 2.23. The van der Waals surface area contributed by atoms with Gasteiger partial charge in [-0.2, -0.15) is 0 Å². The number of amides is 1. The van der Waals surface area contributed by atoms with E-state index in [1.165, 1.54) is 6.07 Å². The van der Waals surface area contributed by atoms with Gasteiger partial charge in [-0.3, -0.25) is 4.79 Å². The van der Waals surface area contributed by atoms with Crippen LogP contribution in [-0.2, 0) is 0 Å². The van der Waals surface area contributed by atoms with Crippen molar-refractivity contribution in [2.75, 3.05) is 5.32 Å². The lowest BCUT2D eigenvalue weighted by molar-refractivity contribution is 0.102. The lowest BCUT2D eigenvalue weighted by Crippen LogP contribution is -2.12. The molecule has 2 aromatic heterocycles. The average Bonchev–Trinajstić information content (AvgIpc) is 2.89. The number of imidazole rings is 1. The number of hydrogen-bond acceptors (Lipinski definition) is 2. The van der Waals surface area contributed by atoms with Crippen molar-refractivity contribution in [2.24, 2.45) is 0 Å². The molecule has 0 aliphatic rings. The molecule has 0 unspecified atom stereocenters. The number of anilines is 1. The van der Waals surface area contributed by atoms with Crippen LogP contribution < -0.4 is 5.32 Å². The Hall–Kier alpha value is -2.04. The number of aromatic nitrogens is 2. The molecule has 0 bridgehead atoms. The maximum absolute atomic E-state index is 12.1. The Morgan fingerprint density at radius 2 is 2.00 bits per heavy atom. The lowest BCUT2D eigenvalue weighted by Gasteiger charge is -2.06. The summed E-state index contributed by atoms with van der Waals surface area (Å²) in [4.78, 5) is 16.3. The molecule has 6 heteroatoms. The third-order valence-corrected chi connectivity index (χ3v) is 3.57. The van der Waals surface area contributed by atoms with Crippen molar-refractivity contribution >= 4 is 40.4 Å². The normalized spacial score (nSPS) is 10.7. The Bertz CT molecular complexity index is 798. The Morgan fingerprint density at radius 3 is 2.80 bits per heavy atom. The molecule has 3 rings (SSSR count). The van der Waals surface area contributed by atoms with Crippen molar-refractivity contribution in [2.45, 2.75) is 0 Å². The van der Waals surface area contributed by atoms with E-state index in [2.05, 4.69) is 10.3 Å². The minimum Gasteiger partial charge on any atom is -0.321 e. The summed E-state index contributed by atoms with van der Waals surface area (Å²) in [6, 6.07) is 8.37. The van der Waals surface area contributed by atoms with Gasteiger partial charge in [0.25, 0.3) is 5.91 Å². The summed E-state index contributed by atoms with van der Waals surface area (Å²) in [6.07, 6.45) is 5.29. The summed E-state index contributed by atoms with van der Waals surface area (Å²) in [5.41, 5.74) is 1.94. The van der Waals surface area contributed by atoms with Gasteiger partial charge in [0.2, 0.25) is 0 Å². The van der Waals surface area contributed by atoms with Crippen molar-refractivity contribution < 1.29 is 4.79 Å². The number of nitrogens with zero attached hydrogens (tertiary/aromatic N) is 2. The first-order chi connectivity index (χ1) is 9.63. The summed E-state index contributed by atoms with van der Waals surface area (Å²) >= 11 is 11.7. The Kier molecular flexibility index (Phi) is 3.34. The van der Waals surface area contributed by atoms with Gasteiger partial charge in [-0.1, -0.05) is 23.2 Å². The third-order valence-electron chi connectivity index (χ3n) is 2.83. The zero-order valence-corrected chi connectivity index (χ0v) is 11.7. The van der Waals surface area contributed by atoms with Crippen LogP contribution in [0.5, 0.6) is 0 Å². The van der Waals surface area contributed by atoms with Gasteiger partial charge in [-0.25, -0.2) is 4.98 Å². The van der Waals surface area contributed by atoms with Crippen LogP contribution in [0.15, 0.2) is 48.9 Å². The van der Waals surface area contributed by atoms with E-state index in [4.69, 9.17) is 23.2 Å². The van der Waals surface area contributed by atoms with Crippen LogP contribution in [0.3, 0.4) is 0 Å². The van der Waals surface area contributed by atoms with E-state index in [0.29, 0.717) is 21.3 Å². The molecule has 0 fully saturated rings. The predicted octanol–water partition coefficient (Wildman–Crippen LogP) is 3.89. The molecule has 1 N–H and O–H groups in total. The molecule has 20 heavy (non-hydrogen) atoms. The standard InChI is InChI=1S/C14H9Cl2N3O/c15-11-3-1-9(7-12(11)16)14(20)18-10-2-4-13-17-5-6-19(13)8-10/h1-8H,(H,18,20). The molecule has 0 saturated carbocycles. The average molecular weight is 306 g/mol. The van der Waals surface area contributed by atoms with Gasteiger partial charge in [-0.05, 0) is 30.3 Å². The number of hydrogen-bond donors (Lipinski definition) is 1. The smallest absolute Gasteiger partial charge is 0.255 e. The molecule has 0 aliphatic carbocycles. The molecular formula is C14H9Cl2N3O. The van der Waals surface area contributed by atoms with E-state index >= 15 is 0 Å². The molecule has 0 atom stereocenters. The molecule has 1 amide bonds. The van der Waals surface area contributed by atoms with Crippen LogP contribution in [-0.4, -0.2) is 15.3 Å². The second kappa shape index (κ2) is 5.15. The fraction of sp³-hybridized carbons (Fsp3) is 0. The number of benzene rings is 1. The highest BCUT2D eigenvalue weighted by molar-refractivity contribution is 6.42. The first kappa shape index (κ1) is 13.0. The van der Waals surface area contributed by atoms with Gasteiger partial charge < -0.3 is 9.72 Å². The van der Waals surface area contributed by atoms with Crippen molar-refractivity contribution in [1.82, 2.24) is 9.38 Å². The summed E-state index contributed by atoms with van der Waals surface area (Å²) in [6.45, 7) is 0.